The van der Waals surface area contributed by atoms with Gasteiger partial charge in [0.1, 0.15) is 54.1 Å². The zero-order valence-electron chi connectivity index (χ0n) is 37.9. The summed E-state index contributed by atoms with van der Waals surface area (Å²) in [7, 11) is 0. The molecular weight excluding hydrogens is 903 g/mol. The number of primary amides is 3. The average molecular weight is 966 g/mol. The summed E-state index contributed by atoms with van der Waals surface area (Å²) < 4.78 is 0. The van der Waals surface area contributed by atoms with E-state index in [4.69, 9.17) is 22.9 Å². The van der Waals surface area contributed by atoms with E-state index in [0.717, 1.165) is 0 Å². The highest BCUT2D eigenvalue weighted by molar-refractivity contribution is 5.99. The lowest BCUT2D eigenvalue weighted by Crippen LogP contribution is -2.62. The number of rotatable bonds is 31. The van der Waals surface area contributed by atoms with E-state index in [1.807, 2.05) is 0 Å². The van der Waals surface area contributed by atoms with Crippen LogP contribution < -0.4 is 60.2 Å². The van der Waals surface area contributed by atoms with Gasteiger partial charge in [-0.05, 0) is 42.4 Å². The van der Waals surface area contributed by atoms with Gasteiger partial charge >= 0.3 is 11.9 Å². The van der Waals surface area contributed by atoms with Crippen LogP contribution in [-0.2, 0) is 64.0 Å². The van der Waals surface area contributed by atoms with Gasteiger partial charge in [-0.3, -0.25) is 52.7 Å². The quantitative estimate of drug-likeness (QED) is 0.0330. The standard InChI is InChI=1S/C41H63N11O16/c1-5-19(4)33(40(66)51-32(18(2)3)39(65)47-24(41(67)68)11-13-29(44)56)52-38(64)27(16-31(58)59)50-36(62)25(14-20-6-8-21(54)9-7-20)48-37(63)26(15-30(45)57)49-35(61)23(10-12-28(43)55)46-34(60)22(42)17-53/h6-9,18-19,22-27,32-33,53-54H,5,10-17,42H2,1-4H3,(H2,43,55)(H2,44,56)(H2,45,57)(H,46,60)(H,47,65)(H,48,63)(H,49,61)(H,50,62)(H,51,66)(H,52,64)(H,58,59)(H,67,68)/t19-,22-,23-,24-,25-,26-,27-,32-,33-/m0/s1. The van der Waals surface area contributed by atoms with Gasteiger partial charge in [0.25, 0.3) is 0 Å². The van der Waals surface area contributed by atoms with Crippen LogP contribution >= 0.6 is 0 Å². The zero-order chi connectivity index (χ0) is 52.0. The summed E-state index contributed by atoms with van der Waals surface area (Å²) in [5, 5.41) is 54.5. The number of aliphatic hydroxyl groups is 1. The van der Waals surface area contributed by atoms with E-state index >= 15 is 0 Å². The first-order chi connectivity index (χ1) is 31.7. The van der Waals surface area contributed by atoms with Crippen LogP contribution in [0.25, 0.3) is 0 Å². The Labute approximate surface area is 390 Å². The highest BCUT2D eigenvalue weighted by atomic mass is 16.4. The second-order valence-electron chi connectivity index (χ2n) is 16.2. The van der Waals surface area contributed by atoms with Crippen LogP contribution in [0.5, 0.6) is 5.75 Å². The number of carbonyl (C=O) groups excluding carboxylic acids is 10. The lowest BCUT2D eigenvalue weighted by Gasteiger charge is -2.30. The molecule has 0 heterocycles. The Morgan fingerprint density at radius 3 is 1.44 bits per heavy atom. The van der Waals surface area contributed by atoms with Crippen molar-refractivity contribution in [2.75, 3.05) is 6.61 Å². The second-order valence-corrected chi connectivity index (χ2v) is 16.2. The molecule has 0 unspecified atom stereocenters. The number of aromatic hydroxyl groups is 1. The van der Waals surface area contributed by atoms with Crippen LogP contribution in [0.4, 0.5) is 0 Å². The summed E-state index contributed by atoms with van der Waals surface area (Å²) in [6.07, 6.45) is -3.85. The van der Waals surface area contributed by atoms with Crippen LogP contribution in [0.2, 0.25) is 0 Å². The molecule has 19 N–H and O–H groups in total. The van der Waals surface area contributed by atoms with Crippen molar-refractivity contribution < 1.29 is 78.0 Å². The zero-order valence-corrected chi connectivity index (χ0v) is 37.9. The van der Waals surface area contributed by atoms with Gasteiger partial charge in [-0.15, -0.1) is 0 Å². The van der Waals surface area contributed by atoms with Crippen LogP contribution in [-0.4, -0.2) is 146 Å². The number of nitrogens with two attached hydrogens (primary N) is 4. The average Bonchev–Trinajstić information content (AvgIpc) is 3.25. The summed E-state index contributed by atoms with van der Waals surface area (Å²) in [5.74, 6) is -15.3. The largest absolute Gasteiger partial charge is 0.508 e. The number of carboxylic acids is 2. The molecule has 0 saturated carbocycles. The van der Waals surface area contributed by atoms with E-state index in [9.17, 15) is 78.0 Å². The summed E-state index contributed by atoms with van der Waals surface area (Å²) >= 11 is 0. The maximum absolute atomic E-state index is 14.1. The third-order valence-corrected chi connectivity index (χ3v) is 10.2. The van der Waals surface area contributed by atoms with Gasteiger partial charge in [-0.25, -0.2) is 4.79 Å². The lowest BCUT2D eigenvalue weighted by atomic mass is 9.95. The van der Waals surface area contributed by atoms with Crippen molar-refractivity contribution in [2.45, 2.75) is 127 Å². The predicted octanol–water partition coefficient (Wildman–Crippen LogP) is -5.68. The first kappa shape index (κ1) is 58.6. The number of hydrogen-bond donors (Lipinski definition) is 15. The molecule has 0 aliphatic rings. The molecule has 27 heteroatoms. The topological polar surface area (TPSA) is 474 Å². The van der Waals surface area contributed by atoms with Crippen LogP contribution in [0.1, 0.15) is 78.2 Å². The SMILES string of the molecule is CC[C@H](C)[C@H](NC(=O)[C@H](CC(=O)O)NC(=O)[C@H](Cc1ccc(O)cc1)NC(=O)[C@H](CC(N)=O)NC(=O)[C@H](CCC(N)=O)NC(=O)[C@@H](N)CO)C(=O)N[C@H](C(=O)N[C@@H](CCC(N)=O)C(=O)O)C(C)C. The molecule has 68 heavy (non-hydrogen) atoms. The molecule has 27 nitrogen and oxygen atoms in total. The number of aliphatic hydroxyl groups excluding tert-OH is 1. The second kappa shape index (κ2) is 28.6. The highest BCUT2D eigenvalue weighted by Crippen LogP contribution is 2.14. The lowest BCUT2D eigenvalue weighted by molar-refractivity contribution is -0.143. The summed E-state index contributed by atoms with van der Waals surface area (Å²) in [5.41, 5.74) is 21.5. The molecule has 1 aromatic rings. The van der Waals surface area contributed by atoms with Crippen LogP contribution in [0.15, 0.2) is 24.3 Å². The number of aliphatic carboxylic acids is 2. The molecule has 10 amide bonds. The van der Waals surface area contributed by atoms with Gasteiger partial charge in [-0.2, -0.15) is 0 Å². The Hall–Kier alpha value is -7.42. The number of carbonyl (C=O) groups is 12. The predicted molar refractivity (Wildman–Crippen MR) is 235 cm³/mol. The van der Waals surface area contributed by atoms with Crippen LogP contribution in [0, 0.1) is 11.8 Å². The van der Waals surface area contributed by atoms with E-state index in [2.05, 4.69) is 37.2 Å². The van der Waals surface area contributed by atoms with Crippen molar-refractivity contribution >= 4 is 71.0 Å². The Balaban J connectivity index is 3.57. The Morgan fingerprint density at radius 2 is 0.971 bits per heavy atom. The van der Waals surface area contributed by atoms with Gasteiger partial charge in [-0.1, -0.05) is 46.2 Å². The number of hydrogen-bond acceptors (Lipinski definition) is 15. The molecule has 378 valence electrons. The van der Waals surface area contributed by atoms with Gasteiger partial charge in [0.2, 0.25) is 59.1 Å². The third-order valence-electron chi connectivity index (χ3n) is 10.2. The summed E-state index contributed by atoms with van der Waals surface area (Å²) in [4.78, 5) is 153. The van der Waals surface area contributed by atoms with Crippen molar-refractivity contribution in [2.24, 2.45) is 34.8 Å². The minimum absolute atomic E-state index is 0.191. The van der Waals surface area contributed by atoms with Crippen LogP contribution in [0.3, 0.4) is 0 Å². The number of carboxylic acid groups (broad SMARTS) is 2. The van der Waals surface area contributed by atoms with Crippen molar-refractivity contribution in [1.82, 2.24) is 37.2 Å². The molecular formula is C41H63N11O16. The van der Waals surface area contributed by atoms with Crippen molar-refractivity contribution in [3.8, 4) is 5.75 Å². The Kier molecular flexibility index (Phi) is 24.6. The Morgan fingerprint density at radius 1 is 0.544 bits per heavy atom. The summed E-state index contributed by atoms with van der Waals surface area (Å²) in [6.45, 7) is 5.39. The molecule has 0 fully saturated rings. The first-order valence-corrected chi connectivity index (χ1v) is 21.3. The number of nitrogens with one attached hydrogen (secondary N) is 7. The fraction of sp³-hybridized carbons (Fsp3) is 0.561. The molecule has 0 aliphatic heterocycles. The molecule has 0 aliphatic carbocycles. The smallest absolute Gasteiger partial charge is 0.326 e. The number of amides is 10. The minimum Gasteiger partial charge on any atom is -0.508 e. The van der Waals surface area contributed by atoms with Gasteiger partial charge in [0.15, 0.2) is 0 Å². The summed E-state index contributed by atoms with van der Waals surface area (Å²) in [6, 6.07) is -8.03. The maximum atomic E-state index is 14.1. The molecule has 0 spiro atoms. The molecule has 1 rings (SSSR count). The van der Waals surface area contributed by atoms with E-state index in [0.29, 0.717) is 0 Å². The van der Waals surface area contributed by atoms with Crippen molar-refractivity contribution in [3.63, 3.8) is 0 Å². The van der Waals surface area contributed by atoms with E-state index < -0.39 is 170 Å². The monoisotopic (exact) mass is 965 g/mol. The molecule has 0 aromatic heterocycles. The fourth-order valence-electron chi connectivity index (χ4n) is 6.14. The highest BCUT2D eigenvalue weighted by Gasteiger charge is 2.37. The molecule has 0 saturated heterocycles. The molecule has 0 radical (unpaired) electrons. The normalized spacial score (nSPS) is 14.9. The fourth-order valence-corrected chi connectivity index (χ4v) is 6.14. The third kappa shape index (κ3) is 20.8. The van der Waals surface area contributed by atoms with Gasteiger partial charge in [0, 0.05) is 19.3 Å². The van der Waals surface area contributed by atoms with E-state index in [1.54, 1.807) is 6.92 Å². The number of benzene rings is 1. The van der Waals surface area contributed by atoms with Gasteiger partial charge < -0.3 is 80.6 Å². The van der Waals surface area contributed by atoms with Crippen molar-refractivity contribution in [3.05, 3.63) is 29.8 Å². The first-order valence-electron chi connectivity index (χ1n) is 21.3. The Bertz CT molecular complexity index is 2000. The molecule has 0 bridgehead atoms. The van der Waals surface area contributed by atoms with Gasteiger partial charge in [0.05, 0.1) is 19.4 Å². The number of phenolic OH excluding ortho intramolecular Hbond substituents is 1. The minimum atomic E-state index is -1.97. The van der Waals surface area contributed by atoms with E-state index in [-0.39, 0.29) is 30.6 Å². The maximum Gasteiger partial charge on any atom is 0.326 e. The molecule has 1 aromatic carbocycles. The number of phenols is 1. The van der Waals surface area contributed by atoms with Crippen molar-refractivity contribution in [1.29, 1.82) is 0 Å². The van der Waals surface area contributed by atoms with E-state index in [1.165, 1.54) is 45.0 Å². The molecule has 9 atom stereocenters.